The van der Waals surface area contributed by atoms with E-state index in [-0.39, 0.29) is 24.2 Å². The fraction of sp³-hybridized carbons (Fsp3) is 0.400. The molecule has 1 aromatic carbocycles. The van der Waals surface area contributed by atoms with Gasteiger partial charge < -0.3 is 19.7 Å². The summed E-state index contributed by atoms with van der Waals surface area (Å²) < 4.78 is 11.2. The highest BCUT2D eigenvalue weighted by atomic mass is 16.5. The van der Waals surface area contributed by atoms with E-state index in [1.165, 1.54) is 0 Å². The molecule has 1 N–H and O–H groups in total. The highest BCUT2D eigenvalue weighted by molar-refractivity contribution is 5.90. The molecule has 3 heterocycles. The number of nitrogens with one attached hydrogen (secondary N) is 1. The molecule has 0 aliphatic carbocycles. The van der Waals surface area contributed by atoms with E-state index < -0.39 is 0 Å². The standard InChI is InChI=1S/C20H23N3O3/c1-25-17-9-5-14(6-10-17)22-20(24)23-15-7-8-16(23)13-18(12-15)26-19-4-2-3-11-21-19/h2-6,9-11,15-16,18H,7-8,12-13H2,1H3,(H,22,24). The molecule has 6 heteroatoms. The summed E-state index contributed by atoms with van der Waals surface area (Å²) in [6.45, 7) is 0. The van der Waals surface area contributed by atoms with Crippen LogP contribution in [0.2, 0.25) is 0 Å². The first-order valence-electron chi connectivity index (χ1n) is 9.04. The molecule has 0 saturated carbocycles. The zero-order valence-corrected chi connectivity index (χ0v) is 14.8. The average Bonchev–Trinajstić information content (AvgIpc) is 2.94. The van der Waals surface area contributed by atoms with Crippen LogP contribution in [0, 0.1) is 0 Å². The summed E-state index contributed by atoms with van der Waals surface area (Å²) in [7, 11) is 1.63. The van der Waals surface area contributed by atoms with Crippen molar-refractivity contribution in [3.8, 4) is 11.6 Å². The molecule has 2 unspecified atom stereocenters. The fourth-order valence-electron chi connectivity index (χ4n) is 4.00. The number of hydrogen-bond acceptors (Lipinski definition) is 4. The molecule has 1 aromatic heterocycles. The quantitative estimate of drug-likeness (QED) is 0.910. The summed E-state index contributed by atoms with van der Waals surface area (Å²) in [5, 5.41) is 3.01. The number of rotatable bonds is 4. The lowest BCUT2D eigenvalue weighted by atomic mass is 10.00. The Morgan fingerprint density at radius 2 is 1.85 bits per heavy atom. The maximum absolute atomic E-state index is 12.8. The van der Waals surface area contributed by atoms with Gasteiger partial charge in [-0.3, -0.25) is 0 Å². The first-order chi connectivity index (χ1) is 12.7. The summed E-state index contributed by atoms with van der Waals surface area (Å²) in [6.07, 6.45) is 5.62. The fourth-order valence-corrected chi connectivity index (χ4v) is 4.00. The van der Waals surface area contributed by atoms with Gasteiger partial charge in [-0.2, -0.15) is 0 Å². The van der Waals surface area contributed by atoms with E-state index >= 15 is 0 Å². The first kappa shape index (κ1) is 16.7. The largest absolute Gasteiger partial charge is 0.497 e. The smallest absolute Gasteiger partial charge is 0.322 e. The normalized spacial score (nSPS) is 24.2. The van der Waals surface area contributed by atoms with Crippen molar-refractivity contribution < 1.29 is 14.3 Å². The number of hydrogen-bond donors (Lipinski definition) is 1. The van der Waals surface area contributed by atoms with E-state index in [9.17, 15) is 4.79 Å². The van der Waals surface area contributed by atoms with Gasteiger partial charge in [-0.25, -0.2) is 9.78 Å². The Kier molecular flexibility index (Phi) is 4.65. The van der Waals surface area contributed by atoms with Crippen molar-refractivity contribution in [1.29, 1.82) is 0 Å². The molecule has 26 heavy (non-hydrogen) atoms. The number of carbonyl (C=O) groups is 1. The second-order valence-electron chi connectivity index (χ2n) is 6.83. The molecule has 2 amide bonds. The van der Waals surface area contributed by atoms with Gasteiger partial charge in [0, 0.05) is 42.9 Å². The van der Waals surface area contributed by atoms with Gasteiger partial charge in [-0.15, -0.1) is 0 Å². The zero-order chi connectivity index (χ0) is 17.9. The highest BCUT2D eigenvalue weighted by Crippen LogP contribution is 2.37. The first-order valence-corrected chi connectivity index (χ1v) is 9.04. The molecule has 2 bridgehead atoms. The Morgan fingerprint density at radius 3 is 2.46 bits per heavy atom. The Morgan fingerprint density at radius 1 is 1.12 bits per heavy atom. The second-order valence-corrected chi connectivity index (χ2v) is 6.83. The number of nitrogens with zero attached hydrogens (tertiary/aromatic N) is 2. The van der Waals surface area contributed by atoms with E-state index in [0.717, 1.165) is 37.1 Å². The minimum Gasteiger partial charge on any atom is -0.497 e. The summed E-state index contributed by atoms with van der Waals surface area (Å²) in [6, 6.07) is 13.5. The predicted molar refractivity (Wildman–Crippen MR) is 98.5 cm³/mol. The van der Waals surface area contributed by atoms with Crippen LogP contribution in [0.1, 0.15) is 25.7 Å². The SMILES string of the molecule is COc1ccc(NC(=O)N2C3CCC2CC(Oc2ccccn2)C3)cc1. The van der Waals surface area contributed by atoms with Crippen LogP contribution in [0.3, 0.4) is 0 Å². The molecule has 2 aliphatic rings. The molecular weight excluding hydrogens is 330 g/mol. The van der Waals surface area contributed by atoms with Crippen molar-refractivity contribution >= 4 is 11.7 Å². The summed E-state index contributed by atoms with van der Waals surface area (Å²) in [5.74, 6) is 1.43. The van der Waals surface area contributed by atoms with Crippen LogP contribution in [0.25, 0.3) is 0 Å². The number of urea groups is 1. The number of aromatic nitrogens is 1. The summed E-state index contributed by atoms with van der Waals surface area (Å²) >= 11 is 0. The van der Waals surface area contributed by atoms with E-state index in [0.29, 0.717) is 5.88 Å². The molecule has 2 aromatic rings. The van der Waals surface area contributed by atoms with E-state index in [1.807, 2.05) is 47.4 Å². The number of ether oxygens (including phenoxy) is 2. The van der Waals surface area contributed by atoms with Crippen LogP contribution in [0.5, 0.6) is 11.6 Å². The molecule has 0 radical (unpaired) electrons. The van der Waals surface area contributed by atoms with Crippen LogP contribution >= 0.6 is 0 Å². The number of piperidine rings is 1. The molecule has 2 fully saturated rings. The molecule has 136 valence electrons. The molecule has 2 atom stereocenters. The van der Waals surface area contributed by atoms with Crippen molar-refractivity contribution in [1.82, 2.24) is 9.88 Å². The predicted octanol–water partition coefficient (Wildman–Crippen LogP) is 3.70. The molecular formula is C20H23N3O3. The van der Waals surface area contributed by atoms with Gasteiger partial charge in [-0.05, 0) is 43.2 Å². The van der Waals surface area contributed by atoms with Crippen LogP contribution in [0.15, 0.2) is 48.7 Å². The second kappa shape index (κ2) is 7.23. The van der Waals surface area contributed by atoms with Crippen LogP contribution in [-0.4, -0.2) is 41.2 Å². The van der Waals surface area contributed by atoms with Gasteiger partial charge in [0.15, 0.2) is 0 Å². The zero-order valence-electron chi connectivity index (χ0n) is 14.8. The van der Waals surface area contributed by atoms with Gasteiger partial charge in [0.2, 0.25) is 5.88 Å². The maximum atomic E-state index is 12.8. The monoisotopic (exact) mass is 353 g/mol. The molecule has 0 spiro atoms. The van der Waals surface area contributed by atoms with Crippen molar-refractivity contribution in [2.75, 3.05) is 12.4 Å². The van der Waals surface area contributed by atoms with Gasteiger partial charge in [0.1, 0.15) is 11.9 Å². The Labute approximate surface area is 153 Å². The average molecular weight is 353 g/mol. The van der Waals surface area contributed by atoms with Crippen LogP contribution in [-0.2, 0) is 0 Å². The lowest BCUT2D eigenvalue weighted by Gasteiger charge is -2.38. The Balaban J connectivity index is 1.38. The van der Waals surface area contributed by atoms with Crippen molar-refractivity contribution in [2.24, 2.45) is 0 Å². The molecule has 4 rings (SSSR count). The van der Waals surface area contributed by atoms with E-state index in [1.54, 1.807) is 13.3 Å². The lowest BCUT2D eigenvalue weighted by molar-refractivity contribution is 0.0704. The van der Waals surface area contributed by atoms with Crippen LogP contribution in [0.4, 0.5) is 10.5 Å². The number of fused-ring (bicyclic) bond motifs is 2. The number of amides is 2. The van der Waals surface area contributed by atoms with Gasteiger partial charge in [0.05, 0.1) is 7.11 Å². The van der Waals surface area contributed by atoms with Gasteiger partial charge >= 0.3 is 6.03 Å². The summed E-state index contributed by atoms with van der Waals surface area (Å²) in [4.78, 5) is 19.0. The van der Waals surface area contributed by atoms with E-state index in [4.69, 9.17) is 9.47 Å². The number of anilines is 1. The van der Waals surface area contributed by atoms with Gasteiger partial charge in [0.25, 0.3) is 0 Å². The maximum Gasteiger partial charge on any atom is 0.322 e. The number of methoxy groups -OCH3 is 1. The minimum absolute atomic E-state index is 0.0287. The topological polar surface area (TPSA) is 63.7 Å². The minimum atomic E-state index is -0.0287. The molecule has 6 nitrogen and oxygen atoms in total. The number of carbonyl (C=O) groups excluding carboxylic acids is 1. The highest BCUT2D eigenvalue weighted by Gasteiger charge is 2.44. The van der Waals surface area contributed by atoms with Crippen molar-refractivity contribution in [3.63, 3.8) is 0 Å². The molecule has 2 aliphatic heterocycles. The van der Waals surface area contributed by atoms with Gasteiger partial charge in [-0.1, -0.05) is 6.07 Å². The third-order valence-electron chi connectivity index (χ3n) is 5.19. The number of benzene rings is 1. The van der Waals surface area contributed by atoms with E-state index in [2.05, 4.69) is 10.3 Å². The lowest BCUT2D eigenvalue weighted by Crippen LogP contribution is -2.50. The number of pyridine rings is 1. The van der Waals surface area contributed by atoms with Crippen LogP contribution < -0.4 is 14.8 Å². The third-order valence-corrected chi connectivity index (χ3v) is 5.19. The Bertz CT molecular complexity index is 737. The Hall–Kier alpha value is -2.76. The molecule has 2 saturated heterocycles. The third kappa shape index (κ3) is 3.45. The summed E-state index contributed by atoms with van der Waals surface area (Å²) in [5.41, 5.74) is 0.780. The van der Waals surface area contributed by atoms with Crippen molar-refractivity contribution in [2.45, 2.75) is 43.9 Å². The van der Waals surface area contributed by atoms with Crippen molar-refractivity contribution in [3.05, 3.63) is 48.7 Å².